The Balaban J connectivity index is 0.00000312. The van der Waals surface area contributed by atoms with Crippen LogP contribution in [-0.4, -0.2) is 55.6 Å². The molecule has 2 heterocycles. The summed E-state index contributed by atoms with van der Waals surface area (Å²) in [4.78, 5) is 26.6. The lowest BCUT2D eigenvalue weighted by atomic mass is 9.90. The van der Waals surface area contributed by atoms with Gasteiger partial charge in [0, 0.05) is 38.3 Å². The zero-order valence-corrected chi connectivity index (χ0v) is 16.6. The monoisotopic (exact) mass is 375 g/mol. The molecule has 0 aromatic heterocycles. The molecule has 0 radical (unpaired) electrons. The number of rotatable bonds is 4. The molecule has 2 saturated heterocycles. The molecule has 25 heavy (non-hydrogen) atoms. The van der Waals surface area contributed by atoms with E-state index in [1.54, 1.807) is 0 Å². The van der Waals surface area contributed by atoms with E-state index in [1.807, 2.05) is 25.7 Å². The molecule has 0 bridgehead atoms. The number of piperidine rings is 1. The molecule has 2 aliphatic rings. The van der Waals surface area contributed by atoms with Crippen LogP contribution in [-0.2, 0) is 14.3 Å². The number of carbonyl (C=O) groups excluding carboxylic acids is 2. The number of hydrogen-bond acceptors (Lipinski definition) is 4. The molecule has 7 heteroatoms. The second-order valence-electron chi connectivity index (χ2n) is 8.23. The first kappa shape index (κ1) is 22.2. The molecule has 2 unspecified atom stereocenters. The van der Waals surface area contributed by atoms with Gasteiger partial charge in [-0.1, -0.05) is 20.8 Å². The highest BCUT2D eigenvalue weighted by atomic mass is 35.5. The van der Waals surface area contributed by atoms with Crippen molar-refractivity contribution in [2.24, 2.45) is 23.0 Å². The van der Waals surface area contributed by atoms with Crippen molar-refractivity contribution < 1.29 is 14.3 Å². The van der Waals surface area contributed by atoms with Crippen molar-refractivity contribution in [3.63, 3.8) is 0 Å². The Morgan fingerprint density at radius 3 is 2.48 bits per heavy atom. The van der Waals surface area contributed by atoms with Crippen LogP contribution >= 0.6 is 12.4 Å². The second kappa shape index (κ2) is 9.74. The summed E-state index contributed by atoms with van der Waals surface area (Å²) >= 11 is 0. The Labute approximate surface area is 157 Å². The Bertz CT molecular complexity index is 447. The van der Waals surface area contributed by atoms with Crippen LogP contribution in [0.1, 0.15) is 46.5 Å². The van der Waals surface area contributed by atoms with E-state index in [1.165, 1.54) is 0 Å². The number of nitrogens with zero attached hydrogens (tertiary/aromatic N) is 1. The van der Waals surface area contributed by atoms with E-state index >= 15 is 0 Å². The van der Waals surface area contributed by atoms with E-state index in [0.29, 0.717) is 32.2 Å². The first-order valence-electron chi connectivity index (χ1n) is 9.19. The summed E-state index contributed by atoms with van der Waals surface area (Å²) in [7, 11) is 0. The van der Waals surface area contributed by atoms with E-state index < -0.39 is 6.04 Å². The predicted molar refractivity (Wildman–Crippen MR) is 101 cm³/mol. The van der Waals surface area contributed by atoms with Crippen molar-refractivity contribution in [2.45, 2.75) is 52.5 Å². The SMILES string of the molecule is CC(C)(C)C(=O)NCC1CCCN(C(=O)C(N)C2CCOCC2)C1.Cl. The average molecular weight is 376 g/mol. The van der Waals surface area contributed by atoms with E-state index in [-0.39, 0.29) is 35.6 Å². The van der Waals surface area contributed by atoms with Gasteiger partial charge >= 0.3 is 0 Å². The van der Waals surface area contributed by atoms with Crippen LogP contribution in [0.5, 0.6) is 0 Å². The van der Waals surface area contributed by atoms with Crippen molar-refractivity contribution >= 4 is 24.2 Å². The van der Waals surface area contributed by atoms with Gasteiger partial charge in [-0.15, -0.1) is 12.4 Å². The molecule has 2 atom stereocenters. The lowest BCUT2D eigenvalue weighted by molar-refractivity contribution is -0.136. The van der Waals surface area contributed by atoms with E-state index in [9.17, 15) is 9.59 Å². The topological polar surface area (TPSA) is 84.7 Å². The number of nitrogens with one attached hydrogen (secondary N) is 1. The lowest BCUT2D eigenvalue weighted by Gasteiger charge is -2.37. The molecule has 0 aliphatic carbocycles. The van der Waals surface area contributed by atoms with Gasteiger partial charge < -0.3 is 20.7 Å². The standard InChI is InChI=1S/C18H33N3O3.ClH/c1-18(2,3)17(23)20-11-13-5-4-8-21(12-13)16(22)15(19)14-6-9-24-10-7-14;/h13-15H,4-12,19H2,1-3H3,(H,20,23);1H. The molecular weight excluding hydrogens is 342 g/mol. The van der Waals surface area contributed by atoms with Gasteiger partial charge in [0.25, 0.3) is 0 Å². The van der Waals surface area contributed by atoms with Crippen LogP contribution < -0.4 is 11.1 Å². The quantitative estimate of drug-likeness (QED) is 0.781. The van der Waals surface area contributed by atoms with Gasteiger partial charge in [0.1, 0.15) is 0 Å². The van der Waals surface area contributed by atoms with Gasteiger partial charge in [0.15, 0.2) is 0 Å². The molecule has 0 aromatic carbocycles. The fraction of sp³-hybridized carbons (Fsp3) is 0.889. The van der Waals surface area contributed by atoms with Gasteiger partial charge in [0.2, 0.25) is 11.8 Å². The minimum atomic E-state index is -0.420. The van der Waals surface area contributed by atoms with Gasteiger partial charge in [-0.05, 0) is 37.5 Å². The predicted octanol–water partition coefficient (Wildman–Crippen LogP) is 1.56. The summed E-state index contributed by atoms with van der Waals surface area (Å²) in [5.74, 6) is 0.668. The number of hydrogen-bond donors (Lipinski definition) is 2. The van der Waals surface area contributed by atoms with Gasteiger partial charge in [0.05, 0.1) is 6.04 Å². The highest BCUT2D eigenvalue weighted by Gasteiger charge is 2.32. The van der Waals surface area contributed by atoms with Crippen LogP contribution in [0.25, 0.3) is 0 Å². The minimum Gasteiger partial charge on any atom is -0.381 e. The average Bonchev–Trinajstić information content (AvgIpc) is 2.58. The summed E-state index contributed by atoms with van der Waals surface area (Å²) < 4.78 is 5.35. The normalized spacial score (nSPS) is 23.5. The molecule has 2 rings (SSSR count). The smallest absolute Gasteiger partial charge is 0.239 e. The highest BCUT2D eigenvalue weighted by Crippen LogP contribution is 2.22. The maximum Gasteiger partial charge on any atom is 0.239 e. The minimum absolute atomic E-state index is 0. The van der Waals surface area contributed by atoms with Gasteiger partial charge in [-0.3, -0.25) is 9.59 Å². The zero-order chi connectivity index (χ0) is 17.7. The molecular formula is C18H34ClN3O3. The fourth-order valence-electron chi connectivity index (χ4n) is 3.42. The number of carbonyl (C=O) groups is 2. The molecule has 0 spiro atoms. The summed E-state index contributed by atoms with van der Waals surface area (Å²) in [6, 6.07) is -0.420. The van der Waals surface area contributed by atoms with Gasteiger partial charge in [-0.25, -0.2) is 0 Å². The molecule has 0 aromatic rings. The third-order valence-corrected chi connectivity index (χ3v) is 5.12. The van der Waals surface area contributed by atoms with Crippen molar-refractivity contribution in [2.75, 3.05) is 32.8 Å². The number of nitrogens with two attached hydrogens (primary N) is 1. The van der Waals surface area contributed by atoms with Crippen LogP contribution in [0.4, 0.5) is 0 Å². The fourth-order valence-corrected chi connectivity index (χ4v) is 3.42. The second-order valence-corrected chi connectivity index (χ2v) is 8.23. The Hall–Kier alpha value is -0.850. The first-order valence-corrected chi connectivity index (χ1v) is 9.19. The molecule has 2 aliphatic heterocycles. The summed E-state index contributed by atoms with van der Waals surface area (Å²) in [5.41, 5.74) is 5.85. The first-order chi connectivity index (χ1) is 11.3. The molecule has 0 saturated carbocycles. The van der Waals surface area contributed by atoms with Gasteiger partial charge in [-0.2, -0.15) is 0 Å². The molecule has 6 nitrogen and oxygen atoms in total. The van der Waals surface area contributed by atoms with Crippen molar-refractivity contribution in [3.05, 3.63) is 0 Å². The maximum atomic E-state index is 12.7. The third-order valence-electron chi connectivity index (χ3n) is 5.12. The summed E-state index contributed by atoms with van der Waals surface area (Å²) in [6.07, 6.45) is 3.75. The Morgan fingerprint density at radius 2 is 1.88 bits per heavy atom. The van der Waals surface area contributed by atoms with Crippen molar-refractivity contribution in [3.8, 4) is 0 Å². The highest BCUT2D eigenvalue weighted by molar-refractivity contribution is 5.85. The lowest BCUT2D eigenvalue weighted by Crippen LogP contribution is -2.53. The molecule has 2 amide bonds. The number of ether oxygens (including phenoxy) is 1. The van der Waals surface area contributed by atoms with E-state index in [2.05, 4.69) is 5.32 Å². The largest absolute Gasteiger partial charge is 0.381 e. The van der Waals surface area contributed by atoms with Crippen LogP contribution in [0.15, 0.2) is 0 Å². The van der Waals surface area contributed by atoms with Crippen molar-refractivity contribution in [1.82, 2.24) is 10.2 Å². The third kappa shape index (κ3) is 6.42. The number of halogens is 1. The molecule has 3 N–H and O–H groups in total. The molecule has 2 fully saturated rings. The number of likely N-dealkylation sites (tertiary alicyclic amines) is 1. The zero-order valence-electron chi connectivity index (χ0n) is 15.8. The maximum absolute atomic E-state index is 12.7. The van der Waals surface area contributed by atoms with E-state index in [4.69, 9.17) is 10.5 Å². The molecule has 146 valence electrons. The van der Waals surface area contributed by atoms with Crippen molar-refractivity contribution in [1.29, 1.82) is 0 Å². The summed E-state index contributed by atoms with van der Waals surface area (Å²) in [5, 5.41) is 3.02. The summed E-state index contributed by atoms with van der Waals surface area (Å²) in [6.45, 7) is 9.23. The number of amides is 2. The Morgan fingerprint density at radius 1 is 1.24 bits per heavy atom. The van der Waals surface area contributed by atoms with E-state index in [0.717, 1.165) is 32.2 Å². The van der Waals surface area contributed by atoms with Crippen LogP contribution in [0.2, 0.25) is 0 Å². The Kier molecular flexibility index (Phi) is 8.64. The van der Waals surface area contributed by atoms with Crippen LogP contribution in [0, 0.1) is 17.3 Å². The van der Waals surface area contributed by atoms with Crippen LogP contribution in [0.3, 0.4) is 0 Å².